The Morgan fingerprint density at radius 1 is 1.41 bits per heavy atom. The number of nitrogen functional groups attached to an aromatic ring is 1. The number of nitrogens with two attached hydrogens (primary N) is 1. The lowest BCUT2D eigenvalue weighted by molar-refractivity contribution is 0.251. The fourth-order valence-electron chi connectivity index (χ4n) is 2.91. The molecule has 0 aliphatic carbocycles. The standard InChI is InChI=1S/C13H19N5O3S/c1-8-7-10(16-15-8)11-5-3-4-6-18(11)22(19,20)12-9(2)21-17-13(12)14/h7,11H,3-6H2,1-2H3,(H2,14,17)(H,15,16). The number of anilines is 1. The summed E-state index contributed by atoms with van der Waals surface area (Å²) in [6.45, 7) is 3.87. The number of piperidine rings is 1. The van der Waals surface area contributed by atoms with Crippen LogP contribution in [0.2, 0.25) is 0 Å². The maximum absolute atomic E-state index is 13.0. The summed E-state index contributed by atoms with van der Waals surface area (Å²) in [5.41, 5.74) is 7.32. The molecule has 9 heteroatoms. The first kappa shape index (κ1) is 15.0. The van der Waals surface area contributed by atoms with E-state index in [2.05, 4.69) is 15.4 Å². The molecule has 2 aromatic heterocycles. The van der Waals surface area contributed by atoms with Crippen LogP contribution < -0.4 is 5.73 Å². The average Bonchev–Trinajstić information content (AvgIpc) is 3.05. The van der Waals surface area contributed by atoms with Gasteiger partial charge in [0, 0.05) is 12.2 Å². The Balaban J connectivity index is 2.04. The third-order valence-corrected chi connectivity index (χ3v) is 5.99. The highest BCUT2D eigenvalue weighted by Crippen LogP contribution is 2.36. The fourth-order valence-corrected chi connectivity index (χ4v) is 4.76. The fraction of sp³-hybridized carbons (Fsp3) is 0.538. The quantitative estimate of drug-likeness (QED) is 0.883. The molecule has 1 saturated heterocycles. The topological polar surface area (TPSA) is 118 Å². The molecular formula is C13H19N5O3S. The molecule has 3 N–H and O–H groups in total. The van der Waals surface area contributed by atoms with Gasteiger partial charge in [0.2, 0.25) is 0 Å². The van der Waals surface area contributed by atoms with Crippen molar-refractivity contribution in [3.63, 3.8) is 0 Å². The van der Waals surface area contributed by atoms with E-state index in [1.165, 1.54) is 4.31 Å². The number of aromatic nitrogens is 3. The molecule has 0 amide bonds. The second-order valence-corrected chi connectivity index (χ2v) is 7.38. The van der Waals surface area contributed by atoms with Crippen molar-refractivity contribution in [3.05, 3.63) is 23.2 Å². The van der Waals surface area contributed by atoms with Crippen LogP contribution in [-0.2, 0) is 10.0 Å². The monoisotopic (exact) mass is 325 g/mol. The number of aromatic amines is 1. The van der Waals surface area contributed by atoms with Crippen molar-refractivity contribution >= 4 is 15.8 Å². The molecular weight excluding hydrogens is 306 g/mol. The summed E-state index contributed by atoms with van der Waals surface area (Å²) in [5, 5.41) is 10.7. The maximum atomic E-state index is 13.0. The molecule has 120 valence electrons. The van der Waals surface area contributed by atoms with Gasteiger partial charge in [0.15, 0.2) is 16.5 Å². The van der Waals surface area contributed by atoms with Gasteiger partial charge in [-0.1, -0.05) is 11.6 Å². The number of rotatable bonds is 3. The van der Waals surface area contributed by atoms with E-state index in [0.29, 0.717) is 6.54 Å². The van der Waals surface area contributed by atoms with Crippen LogP contribution in [-0.4, -0.2) is 34.6 Å². The van der Waals surface area contributed by atoms with E-state index < -0.39 is 10.0 Å². The van der Waals surface area contributed by atoms with Crippen LogP contribution in [0.4, 0.5) is 5.82 Å². The van der Waals surface area contributed by atoms with Gasteiger partial charge in [-0.2, -0.15) is 9.40 Å². The predicted octanol–water partition coefficient (Wildman–Crippen LogP) is 1.51. The van der Waals surface area contributed by atoms with Crippen molar-refractivity contribution in [1.82, 2.24) is 19.7 Å². The van der Waals surface area contributed by atoms with Gasteiger partial charge in [-0.05, 0) is 32.8 Å². The number of sulfonamides is 1. The van der Waals surface area contributed by atoms with E-state index in [4.69, 9.17) is 10.3 Å². The molecule has 0 radical (unpaired) electrons. The second kappa shape index (κ2) is 5.40. The summed E-state index contributed by atoms with van der Waals surface area (Å²) in [4.78, 5) is -0.0355. The van der Waals surface area contributed by atoms with Gasteiger partial charge in [-0.15, -0.1) is 0 Å². The van der Waals surface area contributed by atoms with Crippen molar-refractivity contribution in [1.29, 1.82) is 0 Å². The van der Waals surface area contributed by atoms with E-state index in [1.807, 2.05) is 13.0 Å². The van der Waals surface area contributed by atoms with Crippen LogP contribution in [0.5, 0.6) is 0 Å². The third kappa shape index (κ3) is 2.40. The molecule has 3 heterocycles. The zero-order valence-electron chi connectivity index (χ0n) is 12.5. The molecule has 2 aromatic rings. The summed E-state index contributed by atoms with van der Waals surface area (Å²) < 4.78 is 32.4. The highest BCUT2D eigenvalue weighted by atomic mass is 32.2. The zero-order valence-corrected chi connectivity index (χ0v) is 13.4. The molecule has 8 nitrogen and oxygen atoms in total. The van der Waals surface area contributed by atoms with E-state index in [0.717, 1.165) is 30.7 Å². The van der Waals surface area contributed by atoms with Crippen LogP contribution in [0, 0.1) is 13.8 Å². The summed E-state index contributed by atoms with van der Waals surface area (Å²) in [5.74, 6) is 0.111. The number of hydrogen-bond donors (Lipinski definition) is 2. The molecule has 0 spiro atoms. The smallest absolute Gasteiger partial charge is 0.250 e. The molecule has 1 aliphatic rings. The van der Waals surface area contributed by atoms with Crippen LogP contribution >= 0.6 is 0 Å². The van der Waals surface area contributed by atoms with Gasteiger partial charge in [0.05, 0.1) is 11.7 Å². The van der Waals surface area contributed by atoms with Crippen LogP contribution in [0.15, 0.2) is 15.5 Å². The number of H-pyrrole nitrogens is 1. The minimum atomic E-state index is -3.77. The van der Waals surface area contributed by atoms with Crippen LogP contribution in [0.25, 0.3) is 0 Å². The van der Waals surface area contributed by atoms with E-state index in [-0.39, 0.29) is 22.5 Å². The Hall–Kier alpha value is -1.87. The first-order valence-electron chi connectivity index (χ1n) is 7.16. The van der Waals surface area contributed by atoms with E-state index >= 15 is 0 Å². The third-order valence-electron chi connectivity index (χ3n) is 3.92. The van der Waals surface area contributed by atoms with Crippen molar-refractivity contribution < 1.29 is 12.9 Å². The van der Waals surface area contributed by atoms with Crippen molar-refractivity contribution in [2.45, 2.75) is 44.0 Å². The molecule has 1 fully saturated rings. The Morgan fingerprint density at radius 3 is 2.77 bits per heavy atom. The van der Waals surface area contributed by atoms with Crippen molar-refractivity contribution in [2.75, 3.05) is 12.3 Å². The minimum absolute atomic E-state index is 0.0355. The number of aryl methyl sites for hydroxylation is 2. The first-order chi connectivity index (χ1) is 10.4. The van der Waals surface area contributed by atoms with Crippen LogP contribution in [0.1, 0.15) is 42.5 Å². The van der Waals surface area contributed by atoms with Gasteiger partial charge in [-0.25, -0.2) is 8.42 Å². The predicted molar refractivity (Wildman–Crippen MR) is 79.5 cm³/mol. The van der Waals surface area contributed by atoms with Gasteiger partial charge >= 0.3 is 0 Å². The normalized spacial score (nSPS) is 20.4. The molecule has 22 heavy (non-hydrogen) atoms. The highest BCUT2D eigenvalue weighted by Gasteiger charge is 2.39. The molecule has 0 saturated carbocycles. The second-order valence-electron chi connectivity index (χ2n) is 5.56. The zero-order chi connectivity index (χ0) is 15.9. The lowest BCUT2D eigenvalue weighted by Gasteiger charge is -2.33. The molecule has 0 bridgehead atoms. The van der Waals surface area contributed by atoms with E-state index in [9.17, 15) is 8.42 Å². The maximum Gasteiger partial charge on any atom is 0.250 e. The molecule has 1 atom stereocenters. The minimum Gasteiger partial charge on any atom is -0.380 e. The molecule has 1 aliphatic heterocycles. The lowest BCUT2D eigenvalue weighted by Crippen LogP contribution is -2.39. The largest absolute Gasteiger partial charge is 0.380 e. The van der Waals surface area contributed by atoms with Crippen LogP contribution in [0.3, 0.4) is 0 Å². The van der Waals surface area contributed by atoms with Gasteiger partial charge in [0.25, 0.3) is 10.0 Å². The Kier molecular flexibility index (Phi) is 3.69. The average molecular weight is 325 g/mol. The summed E-state index contributed by atoms with van der Waals surface area (Å²) in [7, 11) is -3.77. The number of nitrogens with zero attached hydrogens (tertiary/aromatic N) is 3. The Bertz CT molecular complexity index is 760. The molecule has 0 aromatic carbocycles. The van der Waals surface area contributed by atoms with E-state index in [1.54, 1.807) is 6.92 Å². The Morgan fingerprint density at radius 2 is 2.18 bits per heavy atom. The number of hydrogen-bond acceptors (Lipinski definition) is 6. The lowest BCUT2D eigenvalue weighted by atomic mass is 10.0. The SMILES string of the molecule is Cc1cc(C2CCCCN2S(=O)(=O)c2c(N)noc2C)n[nH]1. The molecule has 1 unspecified atom stereocenters. The summed E-state index contributed by atoms with van der Waals surface area (Å²) in [6, 6.07) is 1.58. The Labute approximate surface area is 128 Å². The summed E-state index contributed by atoms with van der Waals surface area (Å²) in [6.07, 6.45) is 2.50. The van der Waals surface area contributed by atoms with Gasteiger partial charge in [0.1, 0.15) is 0 Å². The first-order valence-corrected chi connectivity index (χ1v) is 8.60. The van der Waals surface area contributed by atoms with Gasteiger partial charge < -0.3 is 10.3 Å². The van der Waals surface area contributed by atoms with Gasteiger partial charge in [-0.3, -0.25) is 5.10 Å². The molecule has 3 rings (SSSR count). The van der Waals surface area contributed by atoms with Crippen molar-refractivity contribution in [2.24, 2.45) is 0 Å². The summed E-state index contributed by atoms with van der Waals surface area (Å²) >= 11 is 0. The number of nitrogens with one attached hydrogen (secondary N) is 1. The van der Waals surface area contributed by atoms with Crippen molar-refractivity contribution in [3.8, 4) is 0 Å². The highest BCUT2D eigenvalue weighted by molar-refractivity contribution is 7.89.